The summed E-state index contributed by atoms with van der Waals surface area (Å²) >= 11 is 0. The predicted octanol–water partition coefficient (Wildman–Crippen LogP) is 1.37. The van der Waals surface area contributed by atoms with Crippen LogP contribution in [0, 0.1) is 0 Å². The summed E-state index contributed by atoms with van der Waals surface area (Å²) in [6.45, 7) is 0.525. The molecule has 0 unspecified atom stereocenters. The summed E-state index contributed by atoms with van der Waals surface area (Å²) in [5.41, 5.74) is 6.95. The molecule has 0 radical (unpaired) electrons. The van der Waals surface area contributed by atoms with Gasteiger partial charge in [0.1, 0.15) is 0 Å². The molecule has 0 saturated heterocycles. The minimum Gasteiger partial charge on any atom is -0.330 e. The fraction of sp³-hybridized carbons (Fsp3) is 0.250. The van der Waals surface area contributed by atoms with Crippen LogP contribution in [0.4, 0.5) is 5.69 Å². The molecule has 0 atom stereocenters. The van der Waals surface area contributed by atoms with Gasteiger partial charge in [-0.2, -0.15) is 15.0 Å². The van der Waals surface area contributed by atoms with Gasteiger partial charge in [0.15, 0.2) is 0 Å². The van der Waals surface area contributed by atoms with E-state index in [1.54, 1.807) is 12.4 Å². The predicted molar refractivity (Wildman–Crippen MR) is 75.5 cm³/mol. The molecule has 19 heavy (non-hydrogen) atoms. The zero-order valence-electron chi connectivity index (χ0n) is 10.3. The van der Waals surface area contributed by atoms with Crippen LogP contribution in [0.2, 0.25) is 0 Å². The van der Waals surface area contributed by atoms with E-state index in [-0.39, 0.29) is 18.3 Å². The van der Waals surface area contributed by atoms with E-state index >= 15 is 0 Å². The van der Waals surface area contributed by atoms with Crippen molar-refractivity contribution in [1.29, 1.82) is 0 Å². The number of benzene rings is 1. The fourth-order valence-electron chi connectivity index (χ4n) is 1.51. The molecule has 0 aliphatic carbocycles. The van der Waals surface area contributed by atoms with Crippen LogP contribution in [0.5, 0.6) is 0 Å². The summed E-state index contributed by atoms with van der Waals surface area (Å²) in [6.07, 6.45) is 4.37. The molecule has 1 amide bonds. The van der Waals surface area contributed by atoms with Gasteiger partial charge in [0, 0.05) is 12.1 Å². The average Bonchev–Trinajstić information content (AvgIpc) is 2.91. The van der Waals surface area contributed by atoms with Crippen LogP contribution >= 0.6 is 12.4 Å². The summed E-state index contributed by atoms with van der Waals surface area (Å²) in [7, 11) is 0. The van der Waals surface area contributed by atoms with Gasteiger partial charge in [0.25, 0.3) is 0 Å². The Hall–Kier alpha value is -1.92. The van der Waals surface area contributed by atoms with Crippen molar-refractivity contribution in [3.05, 3.63) is 36.7 Å². The molecule has 102 valence electrons. The van der Waals surface area contributed by atoms with E-state index in [0.29, 0.717) is 19.4 Å². The summed E-state index contributed by atoms with van der Waals surface area (Å²) in [5, 5.41) is 10.8. The smallest absolute Gasteiger partial charge is 0.224 e. The summed E-state index contributed by atoms with van der Waals surface area (Å²) in [5.74, 6) is -0.0228. The summed E-state index contributed by atoms with van der Waals surface area (Å²) in [6, 6.07) is 7.33. The zero-order chi connectivity index (χ0) is 12.8. The topological polar surface area (TPSA) is 85.8 Å². The highest BCUT2D eigenvalue weighted by molar-refractivity contribution is 5.90. The Labute approximate surface area is 117 Å². The lowest BCUT2D eigenvalue weighted by Crippen LogP contribution is -2.13. The molecule has 1 aromatic heterocycles. The highest BCUT2D eigenvalue weighted by atomic mass is 35.5. The highest BCUT2D eigenvalue weighted by Gasteiger charge is 2.02. The van der Waals surface area contributed by atoms with Crippen molar-refractivity contribution in [3.63, 3.8) is 0 Å². The van der Waals surface area contributed by atoms with Gasteiger partial charge in [0.05, 0.1) is 18.1 Å². The minimum absolute atomic E-state index is 0. The van der Waals surface area contributed by atoms with Crippen molar-refractivity contribution in [2.24, 2.45) is 5.73 Å². The van der Waals surface area contributed by atoms with Crippen LogP contribution in [0.25, 0.3) is 5.69 Å². The number of carbonyl (C=O) groups excluding carboxylic acids is 1. The third-order valence-corrected chi connectivity index (χ3v) is 2.41. The summed E-state index contributed by atoms with van der Waals surface area (Å²) < 4.78 is 0. The van der Waals surface area contributed by atoms with Gasteiger partial charge >= 0.3 is 0 Å². The molecule has 1 heterocycles. The van der Waals surface area contributed by atoms with Crippen LogP contribution in [0.15, 0.2) is 36.7 Å². The second-order valence-corrected chi connectivity index (χ2v) is 3.81. The number of hydrogen-bond donors (Lipinski definition) is 2. The van der Waals surface area contributed by atoms with E-state index in [1.807, 2.05) is 24.3 Å². The Balaban J connectivity index is 0.00000180. The Morgan fingerprint density at radius 2 is 1.84 bits per heavy atom. The van der Waals surface area contributed by atoms with Crippen LogP contribution in [-0.2, 0) is 4.79 Å². The number of aromatic nitrogens is 3. The molecule has 0 aliphatic heterocycles. The largest absolute Gasteiger partial charge is 0.330 e. The lowest BCUT2D eigenvalue weighted by Gasteiger charge is -2.05. The molecule has 7 heteroatoms. The molecule has 0 saturated carbocycles. The Bertz CT molecular complexity index is 497. The third-order valence-electron chi connectivity index (χ3n) is 2.41. The average molecular weight is 282 g/mol. The van der Waals surface area contributed by atoms with Gasteiger partial charge in [-0.05, 0) is 37.2 Å². The van der Waals surface area contributed by atoms with Crippen molar-refractivity contribution in [3.8, 4) is 5.69 Å². The second-order valence-electron chi connectivity index (χ2n) is 3.81. The molecule has 0 fully saturated rings. The molecule has 2 rings (SSSR count). The zero-order valence-corrected chi connectivity index (χ0v) is 11.1. The van der Waals surface area contributed by atoms with Gasteiger partial charge in [-0.15, -0.1) is 12.4 Å². The van der Waals surface area contributed by atoms with Gasteiger partial charge in [-0.3, -0.25) is 4.79 Å². The molecule has 0 aliphatic rings. The SMILES string of the molecule is Cl.NCCCC(=O)Nc1ccc(-n2nccn2)cc1. The maximum atomic E-state index is 11.5. The number of amides is 1. The maximum absolute atomic E-state index is 11.5. The van der Waals surface area contributed by atoms with E-state index in [9.17, 15) is 4.79 Å². The van der Waals surface area contributed by atoms with Crippen LogP contribution < -0.4 is 11.1 Å². The van der Waals surface area contributed by atoms with Crippen molar-refractivity contribution < 1.29 is 4.79 Å². The lowest BCUT2D eigenvalue weighted by molar-refractivity contribution is -0.116. The summed E-state index contributed by atoms with van der Waals surface area (Å²) in [4.78, 5) is 13.0. The molecule has 0 bridgehead atoms. The first-order valence-corrected chi connectivity index (χ1v) is 5.76. The van der Waals surface area contributed by atoms with Gasteiger partial charge < -0.3 is 11.1 Å². The fourth-order valence-corrected chi connectivity index (χ4v) is 1.51. The normalized spacial score (nSPS) is 9.74. The lowest BCUT2D eigenvalue weighted by atomic mass is 10.2. The van der Waals surface area contributed by atoms with Gasteiger partial charge in [-0.1, -0.05) is 0 Å². The van der Waals surface area contributed by atoms with E-state index in [4.69, 9.17) is 5.73 Å². The monoisotopic (exact) mass is 281 g/mol. The first-order valence-electron chi connectivity index (χ1n) is 5.76. The quantitative estimate of drug-likeness (QED) is 0.867. The molecule has 6 nitrogen and oxygen atoms in total. The molecular formula is C12H16ClN5O. The molecular weight excluding hydrogens is 266 g/mol. The number of anilines is 1. The van der Waals surface area contributed by atoms with Crippen molar-refractivity contribution in [2.75, 3.05) is 11.9 Å². The Morgan fingerprint density at radius 3 is 2.42 bits per heavy atom. The number of carbonyl (C=O) groups is 1. The third kappa shape index (κ3) is 4.35. The number of nitrogens with one attached hydrogen (secondary N) is 1. The van der Waals surface area contributed by atoms with Crippen molar-refractivity contribution in [2.45, 2.75) is 12.8 Å². The van der Waals surface area contributed by atoms with Crippen molar-refractivity contribution >= 4 is 24.0 Å². The van der Waals surface area contributed by atoms with Crippen LogP contribution in [-0.4, -0.2) is 27.4 Å². The standard InChI is InChI=1S/C12H15N5O.ClH/c13-7-1-2-12(18)16-10-3-5-11(6-4-10)17-14-8-9-15-17;/h3-6,8-9H,1-2,7,13H2,(H,16,18);1H. The number of nitrogens with zero attached hydrogens (tertiary/aromatic N) is 3. The first kappa shape index (κ1) is 15.1. The van der Waals surface area contributed by atoms with Gasteiger partial charge in [0.2, 0.25) is 5.91 Å². The van der Waals surface area contributed by atoms with E-state index < -0.39 is 0 Å². The highest BCUT2D eigenvalue weighted by Crippen LogP contribution is 2.12. The van der Waals surface area contributed by atoms with E-state index in [2.05, 4.69) is 15.5 Å². The van der Waals surface area contributed by atoms with Crippen LogP contribution in [0.1, 0.15) is 12.8 Å². The number of rotatable bonds is 5. The van der Waals surface area contributed by atoms with Crippen LogP contribution in [0.3, 0.4) is 0 Å². The maximum Gasteiger partial charge on any atom is 0.224 e. The molecule has 0 spiro atoms. The molecule has 2 aromatic rings. The van der Waals surface area contributed by atoms with E-state index in [1.165, 1.54) is 4.80 Å². The Kier molecular flexibility index (Phi) is 5.98. The minimum atomic E-state index is -0.0228. The number of halogens is 1. The van der Waals surface area contributed by atoms with Gasteiger partial charge in [-0.25, -0.2) is 0 Å². The number of nitrogens with two attached hydrogens (primary N) is 1. The molecule has 1 aromatic carbocycles. The van der Waals surface area contributed by atoms with Crippen molar-refractivity contribution in [1.82, 2.24) is 15.0 Å². The Morgan fingerprint density at radius 1 is 1.21 bits per heavy atom. The number of hydrogen-bond acceptors (Lipinski definition) is 4. The molecule has 3 N–H and O–H groups in total. The van der Waals surface area contributed by atoms with E-state index in [0.717, 1.165) is 11.4 Å². The second kappa shape index (κ2) is 7.50. The first-order chi connectivity index (χ1) is 8.79.